The van der Waals surface area contributed by atoms with Gasteiger partial charge in [0.25, 0.3) is 5.56 Å². The van der Waals surface area contributed by atoms with Crippen LogP contribution in [0, 0.1) is 6.92 Å². The molecule has 1 atom stereocenters. The van der Waals surface area contributed by atoms with Gasteiger partial charge in [-0.15, -0.1) is 5.10 Å². The predicted molar refractivity (Wildman–Crippen MR) is 122 cm³/mol. The highest BCUT2D eigenvalue weighted by Crippen LogP contribution is 2.31. The van der Waals surface area contributed by atoms with E-state index in [1.165, 1.54) is 0 Å². The van der Waals surface area contributed by atoms with Crippen LogP contribution in [0.4, 0.5) is 0 Å². The number of tetrazole rings is 1. The predicted octanol–water partition coefficient (Wildman–Crippen LogP) is 2.70. The van der Waals surface area contributed by atoms with Gasteiger partial charge in [-0.25, -0.2) is 4.68 Å². The van der Waals surface area contributed by atoms with Crippen LogP contribution in [-0.2, 0) is 5.54 Å². The molecule has 1 aromatic carbocycles. The lowest BCUT2D eigenvalue weighted by atomic mass is 9.98. The molecule has 1 saturated heterocycles. The van der Waals surface area contributed by atoms with E-state index in [-0.39, 0.29) is 17.1 Å². The molecule has 8 heteroatoms. The van der Waals surface area contributed by atoms with E-state index in [0.717, 1.165) is 61.4 Å². The highest BCUT2D eigenvalue weighted by Gasteiger charge is 2.35. The zero-order valence-corrected chi connectivity index (χ0v) is 19.2. The van der Waals surface area contributed by atoms with Gasteiger partial charge in [-0.1, -0.05) is 26.0 Å². The summed E-state index contributed by atoms with van der Waals surface area (Å²) in [4.78, 5) is 21.2. The van der Waals surface area contributed by atoms with Crippen molar-refractivity contribution in [1.29, 1.82) is 0 Å². The van der Waals surface area contributed by atoms with Crippen molar-refractivity contribution in [2.24, 2.45) is 0 Å². The second-order valence-electron chi connectivity index (χ2n) is 9.13. The van der Waals surface area contributed by atoms with Crippen molar-refractivity contribution >= 4 is 10.9 Å². The molecule has 3 heterocycles. The minimum Gasteiger partial charge on any atom is -0.322 e. The third-order valence-corrected chi connectivity index (χ3v) is 6.72. The van der Waals surface area contributed by atoms with Crippen molar-refractivity contribution in [1.82, 2.24) is 35.0 Å². The van der Waals surface area contributed by atoms with Crippen LogP contribution in [0.15, 0.2) is 29.1 Å². The summed E-state index contributed by atoms with van der Waals surface area (Å²) < 4.78 is 1.91. The van der Waals surface area contributed by atoms with E-state index < -0.39 is 0 Å². The lowest BCUT2D eigenvalue weighted by Gasteiger charge is -2.39. The lowest BCUT2D eigenvalue weighted by Crippen LogP contribution is -2.49. The molecule has 0 saturated carbocycles. The fraction of sp³-hybridized carbons (Fsp3) is 0.565. The third kappa shape index (κ3) is 4.14. The number of pyridine rings is 1. The number of nitrogens with zero attached hydrogens (tertiary/aromatic N) is 6. The van der Waals surface area contributed by atoms with Gasteiger partial charge >= 0.3 is 0 Å². The minimum atomic E-state index is -0.297. The molecule has 166 valence electrons. The number of piperazine rings is 1. The van der Waals surface area contributed by atoms with E-state index in [9.17, 15) is 4.79 Å². The molecule has 0 radical (unpaired) electrons. The number of likely N-dealkylation sites (N-methyl/N-ethyl adjacent to an activating group) is 1. The van der Waals surface area contributed by atoms with Crippen LogP contribution in [0.3, 0.4) is 0 Å². The quantitative estimate of drug-likeness (QED) is 0.656. The Balaban J connectivity index is 1.86. The maximum Gasteiger partial charge on any atom is 0.253 e. The molecule has 3 aromatic rings. The Labute approximate surface area is 183 Å². The van der Waals surface area contributed by atoms with Gasteiger partial charge < -0.3 is 9.88 Å². The average Bonchev–Trinajstić information content (AvgIpc) is 3.25. The fourth-order valence-electron chi connectivity index (χ4n) is 4.32. The normalized spacial score (nSPS) is 17.3. The van der Waals surface area contributed by atoms with Gasteiger partial charge in [0, 0.05) is 37.3 Å². The summed E-state index contributed by atoms with van der Waals surface area (Å²) >= 11 is 0. The summed E-state index contributed by atoms with van der Waals surface area (Å²) in [5, 5.41) is 13.8. The largest absolute Gasteiger partial charge is 0.322 e. The number of H-pyrrole nitrogens is 1. The zero-order chi connectivity index (χ0) is 22.2. The topological polar surface area (TPSA) is 82.9 Å². The Morgan fingerprint density at radius 2 is 1.87 bits per heavy atom. The maximum atomic E-state index is 13.3. The van der Waals surface area contributed by atoms with Gasteiger partial charge in [-0.3, -0.25) is 9.69 Å². The number of aromatic amines is 1. The number of hydrogen-bond donors (Lipinski definition) is 1. The monoisotopic (exact) mass is 423 g/mol. The van der Waals surface area contributed by atoms with Gasteiger partial charge in [0.2, 0.25) is 0 Å². The average molecular weight is 424 g/mol. The van der Waals surface area contributed by atoms with Crippen LogP contribution in [-0.4, -0.2) is 67.7 Å². The lowest BCUT2D eigenvalue weighted by molar-refractivity contribution is 0.105. The molecule has 0 amide bonds. The summed E-state index contributed by atoms with van der Waals surface area (Å²) in [6.45, 7) is 15.3. The van der Waals surface area contributed by atoms with E-state index in [2.05, 4.69) is 70.1 Å². The van der Waals surface area contributed by atoms with Gasteiger partial charge in [-0.05, 0) is 67.2 Å². The molecule has 0 spiro atoms. The summed E-state index contributed by atoms with van der Waals surface area (Å²) in [6, 6.07) is 7.87. The maximum absolute atomic E-state index is 13.3. The van der Waals surface area contributed by atoms with Crippen LogP contribution in [0.1, 0.15) is 57.1 Å². The SMILES string of the molecule is CCN1CCN(C(c2cc3ccc(C)cc3[nH]c2=O)c2nnnn2C(C)(C)CC)CC1. The summed E-state index contributed by atoms with van der Waals surface area (Å²) in [5.41, 5.74) is 2.35. The molecule has 1 aliphatic rings. The van der Waals surface area contributed by atoms with Crippen LogP contribution in [0.5, 0.6) is 0 Å². The molecule has 1 aliphatic heterocycles. The van der Waals surface area contributed by atoms with Crippen molar-refractivity contribution in [2.45, 2.75) is 52.6 Å². The molecular formula is C23H33N7O. The minimum absolute atomic E-state index is 0.0788. The van der Waals surface area contributed by atoms with Crippen LogP contribution < -0.4 is 5.56 Å². The first-order chi connectivity index (χ1) is 14.8. The van der Waals surface area contributed by atoms with Gasteiger partial charge in [0.1, 0.15) is 6.04 Å². The van der Waals surface area contributed by atoms with E-state index in [1.807, 2.05) is 23.7 Å². The summed E-state index contributed by atoms with van der Waals surface area (Å²) in [5.74, 6) is 0.730. The summed E-state index contributed by atoms with van der Waals surface area (Å²) in [7, 11) is 0. The smallest absolute Gasteiger partial charge is 0.253 e. The fourth-order valence-corrected chi connectivity index (χ4v) is 4.32. The number of aromatic nitrogens is 5. The Morgan fingerprint density at radius 3 is 2.55 bits per heavy atom. The van der Waals surface area contributed by atoms with E-state index >= 15 is 0 Å². The van der Waals surface area contributed by atoms with Crippen molar-refractivity contribution in [3.05, 3.63) is 51.6 Å². The van der Waals surface area contributed by atoms with Crippen molar-refractivity contribution in [3.8, 4) is 0 Å². The molecule has 1 fully saturated rings. The first kappa shape index (κ1) is 21.6. The van der Waals surface area contributed by atoms with Gasteiger partial charge in [0.15, 0.2) is 5.82 Å². The highest BCUT2D eigenvalue weighted by molar-refractivity contribution is 5.79. The molecular weight excluding hydrogens is 390 g/mol. The molecule has 0 aliphatic carbocycles. The Morgan fingerprint density at radius 1 is 1.13 bits per heavy atom. The zero-order valence-electron chi connectivity index (χ0n) is 19.2. The first-order valence-corrected chi connectivity index (χ1v) is 11.2. The molecule has 0 bridgehead atoms. The Kier molecular flexibility index (Phi) is 5.94. The highest BCUT2D eigenvalue weighted by atomic mass is 16.1. The summed E-state index contributed by atoms with van der Waals surface area (Å²) in [6.07, 6.45) is 0.884. The third-order valence-electron chi connectivity index (χ3n) is 6.72. The van der Waals surface area contributed by atoms with Crippen molar-refractivity contribution < 1.29 is 0 Å². The molecule has 4 rings (SSSR count). The number of aryl methyl sites for hydroxylation is 1. The van der Waals surface area contributed by atoms with E-state index in [0.29, 0.717) is 5.56 Å². The van der Waals surface area contributed by atoms with Crippen molar-refractivity contribution in [2.75, 3.05) is 32.7 Å². The van der Waals surface area contributed by atoms with Crippen LogP contribution in [0.25, 0.3) is 10.9 Å². The Bertz CT molecular complexity index is 1110. The van der Waals surface area contributed by atoms with Crippen molar-refractivity contribution in [3.63, 3.8) is 0 Å². The molecule has 1 N–H and O–H groups in total. The molecule has 31 heavy (non-hydrogen) atoms. The van der Waals surface area contributed by atoms with E-state index in [1.54, 1.807) is 0 Å². The number of benzene rings is 1. The number of rotatable bonds is 6. The van der Waals surface area contributed by atoms with E-state index in [4.69, 9.17) is 0 Å². The standard InChI is InChI=1S/C23H33N7O/c1-6-23(4,5)30-21(25-26-27-30)20(29-12-10-28(7-2)11-13-29)18-15-17-9-8-16(3)14-19(17)24-22(18)31/h8-9,14-15,20H,6-7,10-13H2,1-5H3,(H,24,31). The molecule has 1 unspecified atom stereocenters. The first-order valence-electron chi connectivity index (χ1n) is 11.2. The molecule has 8 nitrogen and oxygen atoms in total. The second-order valence-corrected chi connectivity index (χ2v) is 9.13. The van der Waals surface area contributed by atoms with Crippen LogP contribution >= 0.6 is 0 Å². The van der Waals surface area contributed by atoms with Crippen LogP contribution in [0.2, 0.25) is 0 Å². The Hall–Kier alpha value is -2.58. The number of nitrogens with one attached hydrogen (secondary N) is 1. The van der Waals surface area contributed by atoms with Gasteiger partial charge in [-0.2, -0.15) is 0 Å². The molecule has 2 aromatic heterocycles. The number of fused-ring (bicyclic) bond motifs is 1. The van der Waals surface area contributed by atoms with Gasteiger partial charge in [0.05, 0.1) is 5.54 Å². The number of hydrogen-bond acceptors (Lipinski definition) is 6. The second kappa shape index (κ2) is 8.51.